The van der Waals surface area contributed by atoms with Crippen LogP contribution in [0.4, 0.5) is 0 Å². The molecular formula is C23H32N2O3. The zero-order valence-electron chi connectivity index (χ0n) is 17.0. The summed E-state index contributed by atoms with van der Waals surface area (Å²) in [5.74, 6) is 0.956. The van der Waals surface area contributed by atoms with E-state index in [-0.39, 0.29) is 17.2 Å². The molecule has 3 fully saturated rings. The molecular weight excluding hydrogens is 352 g/mol. The molecule has 2 saturated heterocycles. The second-order valence-corrected chi connectivity index (χ2v) is 8.82. The van der Waals surface area contributed by atoms with Gasteiger partial charge in [0, 0.05) is 32.6 Å². The summed E-state index contributed by atoms with van der Waals surface area (Å²) in [7, 11) is 0. The summed E-state index contributed by atoms with van der Waals surface area (Å²) in [6.45, 7) is 6.52. The smallest absolute Gasteiger partial charge is 0.227 e. The molecule has 1 aliphatic carbocycles. The Hall–Kier alpha value is -1.88. The van der Waals surface area contributed by atoms with Crippen molar-refractivity contribution in [1.82, 2.24) is 9.80 Å². The number of hydrogen-bond acceptors (Lipinski definition) is 3. The van der Waals surface area contributed by atoms with Crippen molar-refractivity contribution in [3.63, 3.8) is 0 Å². The molecule has 1 aromatic carbocycles. The van der Waals surface area contributed by atoms with Gasteiger partial charge in [0.25, 0.3) is 0 Å². The second-order valence-electron chi connectivity index (χ2n) is 8.82. The van der Waals surface area contributed by atoms with Crippen molar-refractivity contribution in [1.29, 1.82) is 0 Å². The predicted octanol–water partition coefficient (Wildman–Crippen LogP) is 2.81. The van der Waals surface area contributed by atoms with Gasteiger partial charge in [-0.05, 0) is 48.6 Å². The van der Waals surface area contributed by atoms with E-state index in [1.54, 1.807) is 0 Å². The molecule has 152 valence electrons. The highest BCUT2D eigenvalue weighted by Crippen LogP contribution is 2.53. The molecule has 1 aromatic rings. The van der Waals surface area contributed by atoms with E-state index in [0.717, 1.165) is 38.2 Å². The number of likely N-dealkylation sites (tertiary alicyclic amines) is 1. The van der Waals surface area contributed by atoms with E-state index in [9.17, 15) is 9.59 Å². The highest BCUT2D eigenvalue weighted by atomic mass is 16.5. The van der Waals surface area contributed by atoms with Crippen LogP contribution in [0.2, 0.25) is 0 Å². The Balaban J connectivity index is 1.35. The molecule has 0 radical (unpaired) electrons. The van der Waals surface area contributed by atoms with Crippen LogP contribution in [0.5, 0.6) is 0 Å². The van der Waals surface area contributed by atoms with Crippen LogP contribution in [0.15, 0.2) is 24.3 Å². The number of amides is 2. The van der Waals surface area contributed by atoms with Crippen molar-refractivity contribution < 1.29 is 14.3 Å². The van der Waals surface area contributed by atoms with E-state index in [4.69, 9.17) is 4.74 Å². The van der Waals surface area contributed by atoms with Gasteiger partial charge in [-0.1, -0.05) is 30.7 Å². The maximum Gasteiger partial charge on any atom is 0.227 e. The number of ether oxygens (including phenoxy) is 1. The Bertz CT molecular complexity index is 722. The minimum absolute atomic E-state index is 0.239. The van der Waals surface area contributed by atoms with Gasteiger partial charge in [-0.3, -0.25) is 9.59 Å². The number of carbonyl (C=O) groups is 2. The van der Waals surface area contributed by atoms with Gasteiger partial charge >= 0.3 is 0 Å². The van der Waals surface area contributed by atoms with Crippen molar-refractivity contribution in [3.8, 4) is 0 Å². The van der Waals surface area contributed by atoms with E-state index in [0.29, 0.717) is 32.0 Å². The van der Waals surface area contributed by atoms with Gasteiger partial charge in [0.2, 0.25) is 11.8 Å². The minimum atomic E-state index is 0.239. The summed E-state index contributed by atoms with van der Waals surface area (Å²) in [6.07, 6.45) is 5.67. The lowest BCUT2D eigenvalue weighted by molar-refractivity contribution is -0.135. The molecule has 0 bridgehead atoms. The van der Waals surface area contributed by atoms with E-state index < -0.39 is 0 Å². The van der Waals surface area contributed by atoms with Crippen LogP contribution in [-0.4, -0.2) is 61.0 Å². The predicted molar refractivity (Wildman–Crippen MR) is 108 cm³/mol. The number of carbonyl (C=O) groups excluding carboxylic acids is 2. The van der Waals surface area contributed by atoms with E-state index in [2.05, 4.69) is 24.0 Å². The molecule has 1 unspecified atom stereocenters. The first kappa shape index (κ1) is 19.4. The molecule has 1 saturated carbocycles. The molecule has 4 rings (SSSR count). The van der Waals surface area contributed by atoms with Crippen LogP contribution in [0.3, 0.4) is 0 Å². The monoisotopic (exact) mass is 384 g/mol. The fourth-order valence-electron chi connectivity index (χ4n) is 5.17. The Morgan fingerprint density at radius 2 is 1.86 bits per heavy atom. The van der Waals surface area contributed by atoms with E-state index in [1.165, 1.54) is 24.8 Å². The average molecular weight is 385 g/mol. The number of benzene rings is 1. The third-order valence-electron chi connectivity index (χ3n) is 7.19. The molecule has 2 aliphatic heterocycles. The summed E-state index contributed by atoms with van der Waals surface area (Å²) < 4.78 is 5.35. The van der Waals surface area contributed by atoms with Crippen molar-refractivity contribution in [3.05, 3.63) is 35.4 Å². The fraction of sp³-hybridized carbons (Fsp3) is 0.652. The SMILES string of the molecule is Cc1ccccc1CC(=O)N1CC(CCC(=O)N2CCOCC2)C2(CCC2)C1. The van der Waals surface area contributed by atoms with E-state index in [1.807, 2.05) is 17.0 Å². The zero-order chi connectivity index (χ0) is 19.6. The largest absolute Gasteiger partial charge is 0.378 e. The number of nitrogens with zero attached hydrogens (tertiary/aromatic N) is 2. The minimum Gasteiger partial charge on any atom is -0.378 e. The third kappa shape index (κ3) is 3.95. The summed E-state index contributed by atoms with van der Waals surface area (Å²) in [4.78, 5) is 29.5. The van der Waals surface area contributed by atoms with Gasteiger partial charge in [0.05, 0.1) is 19.6 Å². The van der Waals surface area contributed by atoms with Gasteiger partial charge in [-0.15, -0.1) is 0 Å². The molecule has 28 heavy (non-hydrogen) atoms. The van der Waals surface area contributed by atoms with Crippen molar-refractivity contribution >= 4 is 11.8 Å². The average Bonchev–Trinajstić information content (AvgIpc) is 3.09. The molecule has 1 spiro atoms. The topological polar surface area (TPSA) is 49.9 Å². The van der Waals surface area contributed by atoms with Crippen LogP contribution < -0.4 is 0 Å². The molecule has 0 aromatic heterocycles. The molecule has 0 N–H and O–H groups in total. The normalized spacial score (nSPS) is 23.7. The lowest BCUT2D eigenvalue weighted by Crippen LogP contribution is -2.42. The maximum atomic E-state index is 13.0. The molecule has 5 nitrogen and oxygen atoms in total. The number of hydrogen-bond donors (Lipinski definition) is 0. The third-order valence-corrected chi connectivity index (χ3v) is 7.19. The van der Waals surface area contributed by atoms with Crippen LogP contribution in [0.25, 0.3) is 0 Å². The number of morpholine rings is 1. The first-order valence-electron chi connectivity index (χ1n) is 10.8. The van der Waals surface area contributed by atoms with Gasteiger partial charge in [0.1, 0.15) is 0 Å². The Morgan fingerprint density at radius 1 is 1.11 bits per heavy atom. The lowest BCUT2D eigenvalue weighted by Gasteiger charge is -2.43. The lowest BCUT2D eigenvalue weighted by atomic mass is 9.62. The molecule has 2 heterocycles. The van der Waals surface area contributed by atoms with Crippen LogP contribution in [0, 0.1) is 18.3 Å². The van der Waals surface area contributed by atoms with Gasteiger partial charge in [0.15, 0.2) is 0 Å². The first-order valence-corrected chi connectivity index (χ1v) is 10.8. The van der Waals surface area contributed by atoms with Crippen LogP contribution >= 0.6 is 0 Å². The second kappa shape index (κ2) is 8.24. The van der Waals surface area contributed by atoms with Crippen molar-refractivity contribution in [2.45, 2.75) is 45.4 Å². The standard InChI is InChI=1S/C23H32N2O3/c1-18-5-2-3-6-19(18)15-22(27)25-16-20(23(17-25)9-4-10-23)7-8-21(26)24-11-13-28-14-12-24/h2-3,5-6,20H,4,7-17H2,1H3. The number of aryl methyl sites for hydroxylation is 1. The van der Waals surface area contributed by atoms with Gasteiger partial charge in [-0.2, -0.15) is 0 Å². The number of rotatable bonds is 5. The Kier molecular flexibility index (Phi) is 5.72. The van der Waals surface area contributed by atoms with Crippen molar-refractivity contribution in [2.24, 2.45) is 11.3 Å². The molecule has 3 aliphatic rings. The Labute approximate surface area is 168 Å². The summed E-state index contributed by atoms with van der Waals surface area (Å²) >= 11 is 0. The van der Waals surface area contributed by atoms with Crippen LogP contribution in [0.1, 0.15) is 43.2 Å². The summed E-state index contributed by atoms with van der Waals surface area (Å²) in [5.41, 5.74) is 2.58. The van der Waals surface area contributed by atoms with Crippen LogP contribution in [-0.2, 0) is 20.7 Å². The summed E-state index contributed by atoms with van der Waals surface area (Å²) in [6, 6.07) is 8.15. The molecule has 2 amide bonds. The Morgan fingerprint density at radius 3 is 2.54 bits per heavy atom. The molecule has 1 atom stereocenters. The maximum absolute atomic E-state index is 13.0. The van der Waals surface area contributed by atoms with Gasteiger partial charge in [-0.25, -0.2) is 0 Å². The van der Waals surface area contributed by atoms with Gasteiger partial charge < -0.3 is 14.5 Å². The zero-order valence-corrected chi connectivity index (χ0v) is 17.0. The van der Waals surface area contributed by atoms with Crippen molar-refractivity contribution in [2.75, 3.05) is 39.4 Å². The highest BCUT2D eigenvalue weighted by molar-refractivity contribution is 5.79. The quantitative estimate of drug-likeness (QED) is 0.784. The van der Waals surface area contributed by atoms with E-state index >= 15 is 0 Å². The molecule has 5 heteroatoms. The first-order chi connectivity index (χ1) is 13.6. The fourth-order valence-corrected chi connectivity index (χ4v) is 5.17. The summed E-state index contributed by atoms with van der Waals surface area (Å²) in [5, 5.41) is 0. The highest BCUT2D eigenvalue weighted by Gasteiger charge is 2.51.